The van der Waals surface area contributed by atoms with E-state index in [1.54, 1.807) is 13.2 Å². The summed E-state index contributed by atoms with van der Waals surface area (Å²) in [6.45, 7) is 0. The van der Waals surface area contributed by atoms with E-state index < -0.39 is 5.92 Å². The molecular formula is C18H15N3O2. The van der Waals surface area contributed by atoms with E-state index in [1.807, 2.05) is 53.1 Å². The molecule has 1 aliphatic heterocycles. The lowest BCUT2D eigenvalue weighted by Crippen LogP contribution is -2.25. The molecule has 0 N–H and O–H groups in total. The van der Waals surface area contributed by atoms with E-state index in [0.29, 0.717) is 0 Å². The molecule has 3 aromatic rings. The summed E-state index contributed by atoms with van der Waals surface area (Å²) in [5.74, 6) is -0.00628. The van der Waals surface area contributed by atoms with Crippen LogP contribution in [0.4, 0.5) is 0 Å². The molecule has 114 valence electrons. The average Bonchev–Trinajstić information content (AvgIpc) is 3.08. The monoisotopic (exact) mass is 305 g/mol. The first kappa shape index (κ1) is 13.7. The van der Waals surface area contributed by atoms with Crippen LogP contribution in [0, 0.1) is 0 Å². The molecule has 0 bridgehead atoms. The van der Waals surface area contributed by atoms with Crippen LogP contribution in [0.3, 0.4) is 0 Å². The lowest BCUT2D eigenvalue weighted by Gasteiger charge is -2.13. The first-order valence-electron chi connectivity index (χ1n) is 7.49. The van der Waals surface area contributed by atoms with Crippen LogP contribution in [0.2, 0.25) is 0 Å². The standard InChI is InChI=1S/C18H15N3O2/c1-20-17(22)11-13(18(20)23)15-10-12-6-2-3-7-14(12)21(15)16-8-4-5-9-19-16/h2-10,13H,11H2,1H3. The fraction of sp³-hybridized carbons (Fsp3) is 0.167. The SMILES string of the molecule is CN1C(=O)CC(c2cc3ccccc3n2-c2ccccn2)C1=O. The van der Waals surface area contributed by atoms with Gasteiger partial charge in [-0.2, -0.15) is 0 Å². The number of pyridine rings is 1. The zero-order chi connectivity index (χ0) is 16.0. The average molecular weight is 305 g/mol. The maximum absolute atomic E-state index is 12.4. The summed E-state index contributed by atoms with van der Waals surface area (Å²) in [5, 5.41) is 1.03. The third-order valence-corrected chi connectivity index (χ3v) is 4.36. The number of rotatable bonds is 2. The van der Waals surface area contributed by atoms with Gasteiger partial charge in [0, 0.05) is 30.7 Å². The molecule has 2 aromatic heterocycles. The highest BCUT2D eigenvalue weighted by atomic mass is 16.2. The third-order valence-electron chi connectivity index (χ3n) is 4.36. The Hall–Kier alpha value is -2.95. The minimum absolute atomic E-state index is 0.141. The van der Waals surface area contributed by atoms with Gasteiger partial charge < -0.3 is 0 Å². The number of nitrogens with zero attached hydrogens (tertiary/aromatic N) is 3. The number of imide groups is 1. The van der Waals surface area contributed by atoms with E-state index in [4.69, 9.17) is 0 Å². The number of aromatic nitrogens is 2. The molecule has 1 unspecified atom stereocenters. The highest BCUT2D eigenvalue weighted by Gasteiger charge is 2.39. The Bertz CT molecular complexity index is 914. The molecule has 2 amide bonds. The molecule has 1 atom stereocenters. The van der Waals surface area contributed by atoms with Crippen molar-refractivity contribution in [1.29, 1.82) is 0 Å². The van der Waals surface area contributed by atoms with Gasteiger partial charge in [0.2, 0.25) is 11.8 Å². The summed E-state index contributed by atoms with van der Waals surface area (Å²) in [4.78, 5) is 30.0. The van der Waals surface area contributed by atoms with Crippen LogP contribution in [0.5, 0.6) is 0 Å². The molecule has 0 aliphatic carbocycles. The van der Waals surface area contributed by atoms with Gasteiger partial charge in [0.1, 0.15) is 5.82 Å². The molecule has 5 heteroatoms. The van der Waals surface area contributed by atoms with Gasteiger partial charge in [0.05, 0.1) is 11.4 Å². The summed E-state index contributed by atoms with van der Waals surface area (Å²) in [6.07, 6.45) is 1.93. The minimum atomic E-state index is -0.457. The molecule has 0 radical (unpaired) electrons. The van der Waals surface area contributed by atoms with Crippen molar-refractivity contribution in [3.63, 3.8) is 0 Å². The van der Waals surface area contributed by atoms with Gasteiger partial charge in [-0.05, 0) is 24.3 Å². The number of carbonyl (C=O) groups is 2. The number of hydrogen-bond donors (Lipinski definition) is 0. The molecule has 0 saturated carbocycles. The van der Waals surface area contributed by atoms with Crippen molar-refractivity contribution in [3.8, 4) is 5.82 Å². The number of hydrogen-bond acceptors (Lipinski definition) is 3. The predicted molar refractivity (Wildman–Crippen MR) is 86.2 cm³/mol. The van der Waals surface area contributed by atoms with Gasteiger partial charge >= 0.3 is 0 Å². The number of likely N-dealkylation sites (N-methyl/N-ethyl adjacent to an activating group) is 1. The van der Waals surface area contributed by atoms with E-state index >= 15 is 0 Å². The highest BCUT2D eigenvalue weighted by Crippen LogP contribution is 2.34. The van der Waals surface area contributed by atoms with Crippen molar-refractivity contribution in [2.24, 2.45) is 0 Å². The van der Waals surface area contributed by atoms with Gasteiger partial charge in [-0.25, -0.2) is 4.98 Å². The third kappa shape index (κ3) is 2.04. The van der Waals surface area contributed by atoms with Crippen molar-refractivity contribution in [3.05, 3.63) is 60.4 Å². The molecule has 23 heavy (non-hydrogen) atoms. The fourth-order valence-corrected chi connectivity index (χ4v) is 3.16. The molecule has 1 saturated heterocycles. The van der Waals surface area contributed by atoms with Gasteiger partial charge in [0.15, 0.2) is 0 Å². The second-order valence-corrected chi connectivity index (χ2v) is 5.70. The quantitative estimate of drug-likeness (QED) is 0.684. The van der Waals surface area contributed by atoms with Crippen LogP contribution in [-0.2, 0) is 9.59 Å². The van der Waals surface area contributed by atoms with Gasteiger partial charge in [0.25, 0.3) is 0 Å². The Balaban J connectivity index is 1.97. The Labute approximate surface area is 133 Å². The van der Waals surface area contributed by atoms with Crippen LogP contribution in [0.25, 0.3) is 16.7 Å². The molecule has 1 aliphatic rings. The maximum atomic E-state index is 12.4. The van der Waals surface area contributed by atoms with Crippen LogP contribution in [0.15, 0.2) is 54.7 Å². The Morgan fingerprint density at radius 2 is 1.87 bits per heavy atom. The van der Waals surface area contributed by atoms with E-state index in [0.717, 1.165) is 22.4 Å². The minimum Gasteiger partial charge on any atom is -0.297 e. The van der Waals surface area contributed by atoms with Crippen molar-refractivity contribution >= 4 is 22.7 Å². The van der Waals surface area contributed by atoms with E-state index in [1.165, 1.54) is 4.90 Å². The smallest absolute Gasteiger partial charge is 0.238 e. The van der Waals surface area contributed by atoms with Crippen LogP contribution in [0.1, 0.15) is 18.0 Å². The molecular weight excluding hydrogens is 290 g/mol. The summed E-state index contributed by atoms with van der Waals surface area (Å²) in [7, 11) is 1.54. The van der Waals surface area contributed by atoms with Crippen LogP contribution >= 0.6 is 0 Å². The molecule has 0 spiro atoms. The first-order valence-corrected chi connectivity index (χ1v) is 7.49. The lowest BCUT2D eigenvalue weighted by atomic mass is 10.0. The van der Waals surface area contributed by atoms with Crippen LogP contribution < -0.4 is 0 Å². The second kappa shape index (κ2) is 5.05. The zero-order valence-corrected chi connectivity index (χ0v) is 12.6. The number of benzene rings is 1. The highest BCUT2D eigenvalue weighted by molar-refractivity contribution is 6.06. The maximum Gasteiger partial charge on any atom is 0.238 e. The number of amides is 2. The van der Waals surface area contributed by atoms with Gasteiger partial charge in [-0.15, -0.1) is 0 Å². The van der Waals surface area contributed by atoms with E-state index in [9.17, 15) is 9.59 Å². The molecule has 1 fully saturated rings. The summed E-state index contributed by atoms with van der Waals surface area (Å²) >= 11 is 0. The molecule has 3 heterocycles. The van der Waals surface area contributed by atoms with Gasteiger partial charge in [-0.3, -0.25) is 19.1 Å². The normalized spacial score (nSPS) is 18.1. The van der Waals surface area contributed by atoms with Crippen molar-refractivity contribution in [1.82, 2.24) is 14.5 Å². The van der Waals surface area contributed by atoms with E-state index in [-0.39, 0.29) is 18.2 Å². The Kier molecular flexibility index (Phi) is 3.01. The first-order chi connectivity index (χ1) is 11.2. The lowest BCUT2D eigenvalue weighted by molar-refractivity contribution is -0.137. The fourth-order valence-electron chi connectivity index (χ4n) is 3.16. The van der Waals surface area contributed by atoms with Crippen molar-refractivity contribution in [2.75, 3.05) is 7.05 Å². The number of fused-ring (bicyclic) bond motifs is 1. The zero-order valence-electron chi connectivity index (χ0n) is 12.6. The summed E-state index contributed by atoms with van der Waals surface area (Å²) in [6, 6.07) is 15.6. The molecule has 1 aromatic carbocycles. The number of likely N-dealkylation sites (tertiary alicyclic amines) is 1. The van der Waals surface area contributed by atoms with Crippen molar-refractivity contribution < 1.29 is 9.59 Å². The van der Waals surface area contributed by atoms with Crippen LogP contribution in [-0.4, -0.2) is 33.3 Å². The topological polar surface area (TPSA) is 55.2 Å². The summed E-state index contributed by atoms with van der Waals surface area (Å²) in [5.41, 5.74) is 1.80. The second-order valence-electron chi connectivity index (χ2n) is 5.70. The van der Waals surface area contributed by atoms with Crippen molar-refractivity contribution in [2.45, 2.75) is 12.3 Å². The molecule has 5 nitrogen and oxygen atoms in total. The Morgan fingerprint density at radius 3 is 2.57 bits per heavy atom. The largest absolute Gasteiger partial charge is 0.297 e. The van der Waals surface area contributed by atoms with E-state index in [2.05, 4.69) is 4.98 Å². The number of para-hydroxylation sites is 1. The predicted octanol–water partition coefficient (Wildman–Crippen LogP) is 2.50. The van der Waals surface area contributed by atoms with Gasteiger partial charge in [-0.1, -0.05) is 24.3 Å². The number of carbonyl (C=O) groups excluding carboxylic acids is 2. The summed E-state index contributed by atoms with van der Waals surface area (Å²) < 4.78 is 1.98. The Morgan fingerprint density at radius 1 is 1.09 bits per heavy atom. The molecule has 4 rings (SSSR count).